The van der Waals surface area contributed by atoms with Crippen molar-refractivity contribution in [2.45, 2.75) is 45.6 Å². The molecule has 0 saturated carbocycles. The second-order valence-corrected chi connectivity index (χ2v) is 8.43. The molecular formula is C27H32N4O4. The summed E-state index contributed by atoms with van der Waals surface area (Å²) in [5.74, 6) is 1.18. The molecule has 0 bridgehead atoms. The number of para-hydroxylation sites is 2. The Balaban J connectivity index is 1.67. The Morgan fingerprint density at radius 1 is 0.971 bits per heavy atom. The van der Waals surface area contributed by atoms with Gasteiger partial charge in [-0.3, -0.25) is 0 Å². The molecule has 0 aliphatic heterocycles. The summed E-state index contributed by atoms with van der Waals surface area (Å²) in [5.41, 5.74) is 10.3. The molecule has 0 unspecified atom stereocenters. The van der Waals surface area contributed by atoms with Gasteiger partial charge in [-0.05, 0) is 42.7 Å². The molecule has 2 aromatic carbocycles. The van der Waals surface area contributed by atoms with E-state index in [2.05, 4.69) is 6.92 Å². The average Bonchev–Trinajstić information content (AvgIpc) is 3.15. The molecular weight excluding hydrogens is 444 g/mol. The second kappa shape index (κ2) is 11.1. The van der Waals surface area contributed by atoms with E-state index in [1.54, 1.807) is 14.2 Å². The maximum absolute atomic E-state index is 13.1. The van der Waals surface area contributed by atoms with E-state index < -0.39 is 5.97 Å². The van der Waals surface area contributed by atoms with Gasteiger partial charge in [-0.25, -0.2) is 14.8 Å². The molecule has 2 N–H and O–H groups in total. The van der Waals surface area contributed by atoms with Crippen LogP contribution in [0.2, 0.25) is 0 Å². The van der Waals surface area contributed by atoms with E-state index in [1.165, 1.54) is 0 Å². The Hall–Kier alpha value is -3.81. The fraction of sp³-hybridized carbons (Fsp3) is 0.370. The van der Waals surface area contributed by atoms with Gasteiger partial charge >= 0.3 is 5.97 Å². The minimum Gasteiger partial charge on any atom is -0.493 e. The van der Waals surface area contributed by atoms with Crippen LogP contribution < -0.4 is 15.2 Å². The number of benzene rings is 2. The monoisotopic (exact) mass is 476 g/mol. The number of rotatable bonds is 11. The number of nitrogen functional groups attached to an aromatic ring is 1. The number of fused-ring (bicyclic) bond motifs is 2. The summed E-state index contributed by atoms with van der Waals surface area (Å²) in [6, 6.07) is 13.4. The van der Waals surface area contributed by atoms with Crippen LogP contribution in [0, 0.1) is 0 Å². The summed E-state index contributed by atoms with van der Waals surface area (Å²) >= 11 is 0. The van der Waals surface area contributed by atoms with Gasteiger partial charge < -0.3 is 24.5 Å². The highest BCUT2D eigenvalue weighted by Crippen LogP contribution is 2.31. The molecule has 184 valence electrons. The van der Waals surface area contributed by atoms with Crippen molar-refractivity contribution in [1.82, 2.24) is 14.5 Å². The average molecular weight is 477 g/mol. The summed E-state index contributed by atoms with van der Waals surface area (Å²) in [6.07, 6.45) is 4.74. The number of carbonyl (C=O) groups is 1. The molecule has 2 aromatic heterocycles. The molecule has 2 heterocycles. The van der Waals surface area contributed by atoms with Crippen LogP contribution in [0.4, 0.5) is 5.82 Å². The topological polar surface area (TPSA) is 101 Å². The second-order valence-electron chi connectivity index (χ2n) is 8.43. The maximum Gasteiger partial charge on any atom is 0.344 e. The van der Waals surface area contributed by atoms with Crippen molar-refractivity contribution in [2.75, 3.05) is 26.6 Å². The lowest BCUT2D eigenvalue weighted by atomic mass is 10.1. The summed E-state index contributed by atoms with van der Waals surface area (Å²) in [6.45, 7) is 3.01. The van der Waals surface area contributed by atoms with Crippen molar-refractivity contribution in [1.29, 1.82) is 0 Å². The van der Waals surface area contributed by atoms with Crippen molar-refractivity contribution in [3.05, 3.63) is 53.6 Å². The van der Waals surface area contributed by atoms with Crippen LogP contribution in [0.3, 0.4) is 0 Å². The number of aryl methyl sites for hydroxylation is 2. The molecule has 0 fully saturated rings. The Morgan fingerprint density at radius 2 is 1.71 bits per heavy atom. The van der Waals surface area contributed by atoms with Gasteiger partial charge in [-0.2, -0.15) is 0 Å². The van der Waals surface area contributed by atoms with Crippen molar-refractivity contribution < 1.29 is 19.0 Å². The third-order valence-corrected chi connectivity index (χ3v) is 6.10. The van der Waals surface area contributed by atoms with Gasteiger partial charge in [0.2, 0.25) is 0 Å². The molecule has 0 atom stereocenters. The highest BCUT2D eigenvalue weighted by Gasteiger charge is 2.25. The first-order valence-electron chi connectivity index (χ1n) is 12.0. The number of esters is 1. The van der Waals surface area contributed by atoms with Gasteiger partial charge in [0.05, 0.1) is 31.9 Å². The van der Waals surface area contributed by atoms with E-state index in [0.29, 0.717) is 53.6 Å². The summed E-state index contributed by atoms with van der Waals surface area (Å²) in [4.78, 5) is 22.6. The minimum atomic E-state index is -0.460. The number of methoxy groups -OCH3 is 2. The standard InChI is InChI=1S/C27H32N4O4/c1-4-5-6-9-16-35-27(32)23-24-26(30-20-11-8-7-10-19(20)29-24)31(25(23)28)15-14-18-12-13-21(33-2)22(17-18)34-3/h7-8,10-13,17H,4-6,9,14-16,28H2,1-3H3. The zero-order chi connectivity index (χ0) is 24.8. The Labute approximate surface area is 205 Å². The predicted molar refractivity (Wildman–Crippen MR) is 137 cm³/mol. The first-order chi connectivity index (χ1) is 17.1. The number of unbranched alkanes of at least 4 members (excludes halogenated alkanes) is 3. The van der Waals surface area contributed by atoms with E-state index in [-0.39, 0.29) is 5.56 Å². The zero-order valence-corrected chi connectivity index (χ0v) is 20.5. The lowest BCUT2D eigenvalue weighted by molar-refractivity contribution is 0.0501. The largest absolute Gasteiger partial charge is 0.493 e. The summed E-state index contributed by atoms with van der Waals surface area (Å²) < 4.78 is 18.2. The quantitative estimate of drug-likeness (QED) is 0.235. The molecule has 4 aromatic rings. The molecule has 8 heteroatoms. The lowest BCUT2D eigenvalue weighted by Crippen LogP contribution is -2.11. The number of ether oxygens (including phenoxy) is 3. The fourth-order valence-electron chi connectivity index (χ4n) is 4.19. The Kier molecular flexibility index (Phi) is 7.70. The number of carbonyl (C=O) groups excluding carboxylic acids is 1. The van der Waals surface area contributed by atoms with E-state index in [9.17, 15) is 4.79 Å². The van der Waals surface area contributed by atoms with Crippen LogP contribution in [-0.4, -0.2) is 41.3 Å². The van der Waals surface area contributed by atoms with Crippen LogP contribution in [-0.2, 0) is 17.7 Å². The van der Waals surface area contributed by atoms with Gasteiger partial charge in [0.25, 0.3) is 0 Å². The molecule has 0 radical (unpaired) electrons. The molecule has 8 nitrogen and oxygen atoms in total. The van der Waals surface area contributed by atoms with E-state index in [1.807, 2.05) is 47.0 Å². The Morgan fingerprint density at radius 3 is 2.43 bits per heavy atom. The zero-order valence-electron chi connectivity index (χ0n) is 20.5. The first kappa shape index (κ1) is 24.3. The van der Waals surface area contributed by atoms with Crippen LogP contribution in [0.25, 0.3) is 22.2 Å². The van der Waals surface area contributed by atoms with E-state index >= 15 is 0 Å². The highest BCUT2D eigenvalue weighted by atomic mass is 16.5. The van der Waals surface area contributed by atoms with Gasteiger partial charge in [0.1, 0.15) is 16.9 Å². The molecule has 35 heavy (non-hydrogen) atoms. The third kappa shape index (κ3) is 5.16. The van der Waals surface area contributed by atoms with E-state index in [4.69, 9.17) is 29.9 Å². The third-order valence-electron chi connectivity index (χ3n) is 6.10. The van der Waals surface area contributed by atoms with Crippen molar-refractivity contribution in [3.8, 4) is 11.5 Å². The lowest BCUT2D eigenvalue weighted by Gasteiger charge is -2.11. The van der Waals surface area contributed by atoms with Crippen LogP contribution >= 0.6 is 0 Å². The molecule has 0 spiro atoms. The van der Waals surface area contributed by atoms with Crippen molar-refractivity contribution >= 4 is 34.0 Å². The number of nitrogens with zero attached hydrogens (tertiary/aromatic N) is 3. The van der Waals surface area contributed by atoms with Crippen LogP contribution in [0.5, 0.6) is 11.5 Å². The van der Waals surface area contributed by atoms with Gasteiger partial charge in [-0.1, -0.05) is 44.4 Å². The first-order valence-corrected chi connectivity index (χ1v) is 12.0. The molecule has 4 rings (SSSR count). The predicted octanol–water partition coefficient (Wildman–Crippen LogP) is 5.16. The molecule has 0 amide bonds. The fourth-order valence-corrected chi connectivity index (χ4v) is 4.19. The number of anilines is 1. The van der Waals surface area contributed by atoms with Gasteiger partial charge in [0.15, 0.2) is 17.1 Å². The minimum absolute atomic E-state index is 0.279. The van der Waals surface area contributed by atoms with E-state index in [0.717, 1.165) is 36.8 Å². The summed E-state index contributed by atoms with van der Waals surface area (Å²) in [5, 5.41) is 0. The smallest absolute Gasteiger partial charge is 0.344 e. The van der Waals surface area contributed by atoms with Crippen LogP contribution in [0.1, 0.15) is 48.5 Å². The number of hydrogen-bond acceptors (Lipinski definition) is 7. The maximum atomic E-state index is 13.1. The number of hydrogen-bond donors (Lipinski definition) is 1. The Bertz CT molecular complexity index is 1330. The number of aromatic nitrogens is 3. The normalized spacial score (nSPS) is 11.2. The SMILES string of the molecule is CCCCCCOC(=O)c1c(N)n(CCc2ccc(OC)c(OC)c2)c2nc3ccccc3nc12. The highest BCUT2D eigenvalue weighted by molar-refractivity contribution is 6.08. The van der Waals surface area contributed by atoms with Crippen LogP contribution in [0.15, 0.2) is 42.5 Å². The van der Waals surface area contributed by atoms with Crippen molar-refractivity contribution in [2.24, 2.45) is 0 Å². The summed E-state index contributed by atoms with van der Waals surface area (Å²) in [7, 11) is 3.22. The molecule has 0 saturated heterocycles. The number of nitrogens with two attached hydrogens (primary N) is 1. The molecule has 0 aliphatic rings. The molecule has 0 aliphatic carbocycles. The van der Waals surface area contributed by atoms with Gasteiger partial charge in [-0.15, -0.1) is 0 Å². The van der Waals surface area contributed by atoms with Crippen molar-refractivity contribution in [3.63, 3.8) is 0 Å². The van der Waals surface area contributed by atoms with Gasteiger partial charge in [0, 0.05) is 6.54 Å².